The molecule has 0 aliphatic rings. The van der Waals surface area contributed by atoms with Gasteiger partial charge in [-0.25, -0.2) is 0 Å². The van der Waals surface area contributed by atoms with Crippen LogP contribution in [0, 0.1) is 0 Å². The third-order valence-corrected chi connectivity index (χ3v) is 3.50. The summed E-state index contributed by atoms with van der Waals surface area (Å²) in [5, 5.41) is 3.51. The smallest absolute Gasteiger partial charge is 0.0636 e. The minimum Gasteiger partial charge on any atom is -0.318 e. The third kappa shape index (κ3) is 3.58. The van der Waals surface area contributed by atoms with Crippen molar-refractivity contribution >= 4 is 0 Å². The van der Waals surface area contributed by atoms with Gasteiger partial charge < -0.3 is 9.88 Å². The first-order valence-corrected chi connectivity index (χ1v) is 7.25. The van der Waals surface area contributed by atoms with Crippen LogP contribution in [0.25, 0.3) is 5.69 Å². The zero-order valence-electron chi connectivity index (χ0n) is 11.9. The molecule has 0 atom stereocenters. The molecule has 0 amide bonds. The number of rotatable bonds is 6. The van der Waals surface area contributed by atoms with Crippen molar-refractivity contribution in [2.45, 2.75) is 13.0 Å². The molecule has 0 saturated heterocycles. The van der Waals surface area contributed by atoms with Crippen LogP contribution in [0.4, 0.5) is 0 Å². The molecular weight excluding hydrogens is 258 g/mol. The van der Waals surface area contributed by atoms with E-state index in [0.717, 1.165) is 25.2 Å². The second-order valence-electron chi connectivity index (χ2n) is 4.99. The standard InChI is InChI=1S/C18H19N3/c1-2-6-16(7-3-1)10-12-20-15-18-9-5-13-21(18)17-8-4-11-19-14-17/h1-9,11,13-14,20H,10,12,15H2. The summed E-state index contributed by atoms with van der Waals surface area (Å²) in [6.45, 7) is 1.83. The van der Waals surface area contributed by atoms with Crippen LogP contribution >= 0.6 is 0 Å². The van der Waals surface area contributed by atoms with Gasteiger partial charge in [0.15, 0.2) is 0 Å². The Morgan fingerprint density at radius 2 is 1.86 bits per heavy atom. The van der Waals surface area contributed by atoms with Gasteiger partial charge in [0.1, 0.15) is 0 Å². The first kappa shape index (κ1) is 13.6. The number of pyridine rings is 1. The van der Waals surface area contributed by atoms with Crippen molar-refractivity contribution in [3.05, 3.63) is 84.4 Å². The fraction of sp³-hybridized carbons (Fsp3) is 0.167. The lowest BCUT2D eigenvalue weighted by molar-refractivity contribution is 0.665. The van der Waals surface area contributed by atoms with Gasteiger partial charge in [-0.1, -0.05) is 30.3 Å². The number of aromatic nitrogens is 2. The Hall–Kier alpha value is -2.39. The van der Waals surface area contributed by atoms with Gasteiger partial charge in [-0.05, 0) is 42.8 Å². The zero-order valence-corrected chi connectivity index (χ0v) is 11.9. The SMILES string of the molecule is c1ccc(CCNCc2cccn2-c2cccnc2)cc1. The second-order valence-corrected chi connectivity index (χ2v) is 4.99. The molecule has 3 rings (SSSR count). The lowest BCUT2D eigenvalue weighted by Crippen LogP contribution is -2.18. The van der Waals surface area contributed by atoms with Crippen LogP contribution in [-0.4, -0.2) is 16.1 Å². The van der Waals surface area contributed by atoms with Gasteiger partial charge in [0.25, 0.3) is 0 Å². The van der Waals surface area contributed by atoms with Crippen LogP contribution in [0.5, 0.6) is 0 Å². The van der Waals surface area contributed by atoms with Crippen LogP contribution < -0.4 is 5.32 Å². The van der Waals surface area contributed by atoms with E-state index in [9.17, 15) is 0 Å². The summed E-state index contributed by atoms with van der Waals surface area (Å²) in [4.78, 5) is 4.18. The molecular formula is C18H19N3. The molecule has 2 aromatic heterocycles. The largest absolute Gasteiger partial charge is 0.318 e. The molecule has 3 heteroatoms. The summed E-state index contributed by atoms with van der Waals surface area (Å²) in [6, 6.07) is 18.8. The molecule has 106 valence electrons. The van der Waals surface area contributed by atoms with Gasteiger partial charge >= 0.3 is 0 Å². The summed E-state index contributed by atoms with van der Waals surface area (Å²) in [7, 11) is 0. The van der Waals surface area contributed by atoms with E-state index < -0.39 is 0 Å². The van der Waals surface area contributed by atoms with E-state index in [1.807, 2.05) is 12.3 Å². The van der Waals surface area contributed by atoms with Crippen molar-refractivity contribution in [2.75, 3.05) is 6.54 Å². The molecule has 1 N–H and O–H groups in total. The number of hydrogen-bond donors (Lipinski definition) is 1. The molecule has 3 aromatic rings. The molecule has 3 nitrogen and oxygen atoms in total. The van der Waals surface area contributed by atoms with Crippen LogP contribution in [0.3, 0.4) is 0 Å². The quantitative estimate of drug-likeness (QED) is 0.701. The van der Waals surface area contributed by atoms with Crippen LogP contribution in [0.2, 0.25) is 0 Å². The normalized spacial score (nSPS) is 10.7. The van der Waals surface area contributed by atoms with Crippen molar-refractivity contribution in [1.82, 2.24) is 14.9 Å². The molecule has 0 aliphatic heterocycles. The fourth-order valence-electron chi connectivity index (χ4n) is 2.40. The first-order valence-electron chi connectivity index (χ1n) is 7.25. The average Bonchev–Trinajstić information content (AvgIpc) is 3.02. The van der Waals surface area contributed by atoms with Crippen LogP contribution in [-0.2, 0) is 13.0 Å². The van der Waals surface area contributed by atoms with E-state index in [1.165, 1.54) is 11.3 Å². The maximum absolute atomic E-state index is 4.18. The highest BCUT2D eigenvalue weighted by Crippen LogP contribution is 2.11. The summed E-state index contributed by atoms with van der Waals surface area (Å²) in [5.41, 5.74) is 3.71. The highest BCUT2D eigenvalue weighted by Gasteiger charge is 2.02. The van der Waals surface area contributed by atoms with E-state index in [1.54, 1.807) is 6.20 Å². The lowest BCUT2D eigenvalue weighted by Gasteiger charge is -2.10. The Labute approximate surface area is 125 Å². The van der Waals surface area contributed by atoms with Crippen LogP contribution in [0.15, 0.2) is 73.2 Å². The summed E-state index contributed by atoms with van der Waals surface area (Å²) in [6.07, 6.45) is 6.80. The summed E-state index contributed by atoms with van der Waals surface area (Å²) in [5.74, 6) is 0. The minimum absolute atomic E-state index is 0.856. The van der Waals surface area contributed by atoms with Gasteiger partial charge in [-0.2, -0.15) is 0 Å². The Morgan fingerprint density at radius 1 is 0.952 bits per heavy atom. The molecule has 0 unspecified atom stereocenters. The lowest BCUT2D eigenvalue weighted by atomic mass is 10.1. The summed E-state index contributed by atoms with van der Waals surface area (Å²) >= 11 is 0. The van der Waals surface area contributed by atoms with Gasteiger partial charge in [-0.15, -0.1) is 0 Å². The average molecular weight is 277 g/mol. The third-order valence-electron chi connectivity index (χ3n) is 3.50. The molecule has 21 heavy (non-hydrogen) atoms. The molecule has 0 radical (unpaired) electrons. The Kier molecular flexibility index (Phi) is 4.44. The predicted molar refractivity (Wildman–Crippen MR) is 85.4 cm³/mol. The van der Waals surface area contributed by atoms with Gasteiger partial charge in [0.2, 0.25) is 0 Å². The highest BCUT2D eigenvalue weighted by molar-refractivity contribution is 5.31. The number of nitrogens with one attached hydrogen (secondary N) is 1. The predicted octanol–water partition coefficient (Wildman–Crippen LogP) is 3.20. The van der Waals surface area contributed by atoms with Crippen LogP contribution in [0.1, 0.15) is 11.3 Å². The molecule has 0 fully saturated rings. The van der Waals surface area contributed by atoms with E-state index in [2.05, 4.69) is 69.6 Å². The molecule has 0 aliphatic carbocycles. The first-order chi connectivity index (χ1) is 10.4. The van der Waals surface area contributed by atoms with Crippen molar-refractivity contribution in [1.29, 1.82) is 0 Å². The van der Waals surface area contributed by atoms with E-state index in [-0.39, 0.29) is 0 Å². The van der Waals surface area contributed by atoms with Gasteiger partial charge in [0, 0.05) is 24.6 Å². The van der Waals surface area contributed by atoms with E-state index in [0.29, 0.717) is 0 Å². The van der Waals surface area contributed by atoms with Crippen molar-refractivity contribution in [3.63, 3.8) is 0 Å². The van der Waals surface area contributed by atoms with Gasteiger partial charge in [0.05, 0.1) is 11.9 Å². The van der Waals surface area contributed by atoms with Crippen molar-refractivity contribution in [2.24, 2.45) is 0 Å². The molecule has 2 heterocycles. The molecule has 0 saturated carbocycles. The Balaban J connectivity index is 1.56. The number of hydrogen-bond acceptors (Lipinski definition) is 2. The Morgan fingerprint density at radius 3 is 2.67 bits per heavy atom. The number of benzene rings is 1. The van der Waals surface area contributed by atoms with Crippen molar-refractivity contribution in [3.8, 4) is 5.69 Å². The monoisotopic (exact) mass is 277 g/mol. The summed E-state index contributed by atoms with van der Waals surface area (Å²) < 4.78 is 2.17. The minimum atomic E-state index is 0.856. The highest BCUT2D eigenvalue weighted by atomic mass is 15.0. The fourth-order valence-corrected chi connectivity index (χ4v) is 2.40. The molecule has 0 spiro atoms. The Bertz CT molecular complexity index is 659. The molecule has 0 bridgehead atoms. The van der Waals surface area contributed by atoms with Crippen molar-refractivity contribution < 1.29 is 0 Å². The van der Waals surface area contributed by atoms with E-state index in [4.69, 9.17) is 0 Å². The zero-order chi connectivity index (χ0) is 14.3. The van der Waals surface area contributed by atoms with Gasteiger partial charge in [-0.3, -0.25) is 4.98 Å². The van der Waals surface area contributed by atoms with E-state index >= 15 is 0 Å². The topological polar surface area (TPSA) is 29.9 Å². The number of nitrogens with zero attached hydrogens (tertiary/aromatic N) is 2. The molecule has 1 aromatic carbocycles. The second kappa shape index (κ2) is 6.86. The maximum atomic E-state index is 4.18. The maximum Gasteiger partial charge on any atom is 0.0636 e.